The van der Waals surface area contributed by atoms with Gasteiger partial charge in [-0.15, -0.1) is 0 Å². The minimum absolute atomic E-state index is 0.260. The van der Waals surface area contributed by atoms with Crippen molar-refractivity contribution in [2.75, 3.05) is 6.54 Å². The number of rotatable bonds is 22. The van der Waals surface area contributed by atoms with Crippen molar-refractivity contribution in [3.8, 4) is 0 Å². The Balaban J connectivity index is 3.13. The molecule has 0 heterocycles. The summed E-state index contributed by atoms with van der Waals surface area (Å²) in [6.45, 7) is 3.17. The maximum atomic E-state index is 11.6. The van der Waals surface area contributed by atoms with Gasteiger partial charge in [-0.1, -0.05) is 64.0 Å². The van der Waals surface area contributed by atoms with Crippen molar-refractivity contribution in [2.24, 2.45) is 0 Å². The van der Waals surface area contributed by atoms with E-state index in [2.05, 4.69) is 24.4 Å². The number of carbonyl (C=O) groups excluding carboxylic acids is 1. The monoisotopic (exact) mass is 401 g/mol. The van der Waals surface area contributed by atoms with Crippen LogP contribution in [0.2, 0.25) is 3.67 Å². The van der Waals surface area contributed by atoms with Crippen molar-refractivity contribution in [2.45, 2.75) is 133 Å². The number of carbonyl (C=O) groups is 1. The normalized spacial score (nSPS) is 11.4. The van der Waals surface area contributed by atoms with Gasteiger partial charge in [-0.2, -0.15) is 0 Å². The van der Waals surface area contributed by atoms with Gasteiger partial charge in [0.2, 0.25) is 0 Å². The molecule has 0 atom stereocenters. The predicted octanol–water partition coefficient (Wildman–Crippen LogP) is 7.68. The Kier molecular flexibility index (Phi) is 25.4. The van der Waals surface area contributed by atoms with Gasteiger partial charge in [-0.05, 0) is 25.7 Å². The molecule has 28 heavy (non-hydrogen) atoms. The van der Waals surface area contributed by atoms with Crippen LogP contribution in [-0.4, -0.2) is 40.4 Å². The van der Waals surface area contributed by atoms with Crippen LogP contribution in [0.3, 0.4) is 0 Å². The molecule has 0 unspecified atom stereocenters. The van der Waals surface area contributed by atoms with E-state index in [0.29, 0.717) is 0 Å². The maximum absolute atomic E-state index is 11.6. The van der Waals surface area contributed by atoms with Gasteiger partial charge in [0.25, 0.3) is 0 Å². The molecule has 0 aliphatic rings. The summed E-state index contributed by atoms with van der Waals surface area (Å²) in [6, 6.07) is 0. The van der Waals surface area contributed by atoms with Gasteiger partial charge in [0.1, 0.15) is 0 Å². The minimum atomic E-state index is 0.260. The van der Waals surface area contributed by atoms with E-state index in [4.69, 9.17) is 0 Å². The fourth-order valence-electron chi connectivity index (χ4n) is 3.56. The average molecular weight is 402 g/mol. The van der Waals surface area contributed by atoms with E-state index in [9.17, 15) is 4.79 Å². The number of hydrogen-bond acceptors (Lipinski definition) is 1. The summed E-state index contributed by atoms with van der Waals surface area (Å²) in [5, 5.41) is 3.02. The summed E-state index contributed by atoms with van der Waals surface area (Å²) in [7, 11) is 0. The summed E-state index contributed by atoms with van der Waals surface area (Å²) in [5.74, 6) is 0.260. The van der Waals surface area contributed by atoms with Crippen molar-refractivity contribution < 1.29 is 4.79 Å². The van der Waals surface area contributed by atoms with Crippen LogP contribution in [0.5, 0.6) is 0 Å². The second-order valence-electron chi connectivity index (χ2n) is 8.45. The Morgan fingerprint density at radius 3 is 1.64 bits per heavy atom. The first kappa shape index (κ1) is 28.2. The van der Waals surface area contributed by atoms with Crippen LogP contribution in [0, 0.1) is 0 Å². The molecule has 1 N–H and O–H groups in total. The molecule has 2 nitrogen and oxygen atoms in total. The zero-order chi connectivity index (χ0) is 20.5. The third-order valence-corrected chi connectivity index (χ3v) is 6.23. The second-order valence-corrected chi connectivity index (χ2v) is 9.45. The SMILES string of the molecule is CCCCCCCC/C=C\CCCCCCCCCCCC(=O)NCC[CH2][Na]. The predicted molar refractivity (Wildman–Crippen MR) is 126 cm³/mol. The molecular weight excluding hydrogens is 353 g/mol. The van der Waals surface area contributed by atoms with Crippen LogP contribution in [0.4, 0.5) is 0 Å². The molecule has 0 aliphatic heterocycles. The van der Waals surface area contributed by atoms with Gasteiger partial charge >= 0.3 is 106 Å². The number of unbranched alkanes of at least 4 members (excludes halogenated alkanes) is 15. The molecule has 0 saturated heterocycles. The molecule has 1 amide bonds. The molecule has 3 heteroatoms. The molecule has 0 saturated carbocycles. The van der Waals surface area contributed by atoms with E-state index < -0.39 is 0 Å². The van der Waals surface area contributed by atoms with Crippen molar-refractivity contribution in [3.63, 3.8) is 0 Å². The molecule has 0 rings (SSSR count). The number of hydrogen-bond donors (Lipinski definition) is 1. The van der Waals surface area contributed by atoms with E-state index in [1.807, 2.05) is 0 Å². The van der Waals surface area contributed by atoms with Gasteiger partial charge in [0, 0.05) is 0 Å². The molecule has 0 fully saturated rings. The third kappa shape index (κ3) is 24.2. The fraction of sp³-hybridized carbons (Fsp3) is 0.880. The molecule has 0 radical (unpaired) electrons. The van der Waals surface area contributed by atoms with Crippen molar-refractivity contribution in [1.29, 1.82) is 0 Å². The molecule has 0 aliphatic carbocycles. The summed E-state index contributed by atoms with van der Waals surface area (Å²) in [4.78, 5) is 11.6. The molecular formula is C25H48NNaO. The van der Waals surface area contributed by atoms with Gasteiger partial charge in [0.05, 0.1) is 0 Å². The summed E-state index contributed by atoms with van der Waals surface area (Å²) in [5.41, 5.74) is 0. The molecule has 0 bridgehead atoms. The van der Waals surface area contributed by atoms with Crippen LogP contribution < -0.4 is 5.32 Å². The number of allylic oxidation sites excluding steroid dienone is 2. The Labute approximate surface area is 194 Å². The first-order chi connectivity index (χ1) is 13.8. The topological polar surface area (TPSA) is 29.1 Å². The molecule has 160 valence electrons. The summed E-state index contributed by atoms with van der Waals surface area (Å²) < 4.78 is 1.29. The Morgan fingerprint density at radius 1 is 0.679 bits per heavy atom. The van der Waals surface area contributed by atoms with Crippen LogP contribution in [-0.2, 0) is 4.79 Å². The number of nitrogens with one attached hydrogen (secondary N) is 1. The van der Waals surface area contributed by atoms with Crippen molar-refractivity contribution in [1.82, 2.24) is 5.32 Å². The zero-order valence-corrected chi connectivity index (χ0v) is 21.4. The quantitative estimate of drug-likeness (QED) is 0.112. The van der Waals surface area contributed by atoms with Crippen LogP contribution in [0.25, 0.3) is 0 Å². The van der Waals surface area contributed by atoms with Crippen LogP contribution in [0.1, 0.15) is 129 Å². The Bertz CT molecular complexity index is 343. The van der Waals surface area contributed by atoms with E-state index in [-0.39, 0.29) is 5.91 Å². The van der Waals surface area contributed by atoms with E-state index in [1.54, 1.807) is 0 Å². The van der Waals surface area contributed by atoms with Gasteiger partial charge < -0.3 is 0 Å². The standard InChI is InChI=1S/C25H48NO.Na/c1-3-5-6-7-8-9-10-11-12-13-14-15-16-17-18-19-20-21-22-23-25(27)26-24-4-2;/h11-12H,2-10,13-24H2,1H3,(H,26,27);/b12-11-;. The summed E-state index contributed by atoms with van der Waals surface area (Å²) >= 11 is 1.25. The van der Waals surface area contributed by atoms with Crippen molar-refractivity contribution >= 4 is 33.8 Å². The molecule has 0 aromatic heterocycles. The molecule has 0 spiro atoms. The van der Waals surface area contributed by atoms with Gasteiger partial charge in [0.15, 0.2) is 0 Å². The molecule has 0 aromatic rings. The van der Waals surface area contributed by atoms with E-state index in [0.717, 1.165) is 25.8 Å². The molecule has 0 aromatic carbocycles. The van der Waals surface area contributed by atoms with Crippen LogP contribution in [0.15, 0.2) is 12.2 Å². The van der Waals surface area contributed by atoms with Crippen molar-refractivity contribution in [3.05, 3.63) is 12.2 Å². The third-order valence-electron chi connectivity index (χ3n) is 5.52. The Morgan fingerprint density at radius 2 is 1.14 bits per heavy atom. The average Bonchev–Trinajstić information content (AvgIpc) is 2.70. The van der Waals surface area contributed by atoms with E-state index in [1.165, 1.54) is 134 Å². The van der Waals surface area contributed by atoms with Crippen LogP contribution >= 0.6 is 0 Å². The first-order valence-electron chi connectivity index (χ1n) is 12.7. The fourth-order valence-corrected chi connectivity index (χ4v) is 3.91. The zero-order valence-electron chi connectivity index (χ0n) is 19.4. The first-order valence-corrected chi connectivity index (χ1v) is 14.1. The number of amides is 1. The van der Waals surface area contributed by atoms with Gasteiger partial charge in [-0.3, -0.25) is 0 Å². The Hall–Kier alpha value is 0.210. The second kappa shape index (κ2) is 25.2. The van der Waals surface area contributed by atoms with E-state index >= 15 is 0 Å². The van der Waals surface area contributed by atoms with Gasteiger partial charge in [-0.25, -0.2) is 0 Å². The summed E-state index contributed by atoms with van der Waals surface area (Å²) in [6.07, 6.45) is 29.5.